The molecule has 4 heteroatoms. The van der Waals surface area contributed by atoms with Crippen LogP contribution in [0.25, 0.3) is 0 Å². The van der Waals surface area contributed by atoms with Crippen LogP contribution in [-0.4, -0.2) is 32.1 Å². The molecule has 0 radical (unpaired) electrons. The summed E-state index contributed by atoms with van der Waals surface area (Å²) in [6.45, 7) is 6.22. The summed E-state index contributed by atoms with van der Waals surface area (Å²) in [4.78, 5) is 2.08. The van der Waals surface area contributed by atoms with Gasteiger partial charge in [-0.05, 0) is 25.1 Å². The maximum absolute atomic E-state index is 13.8. The van der Waals surface area contributed by atoms with Crippen LogP contribution < -0.4 is 10.5 Å². The number of hydrogen-bond acceptors (Lipinski definition) is 3. The second kappa shape index (κ2) is 6.16. The fourth-order valence-electron chi connectivity index (χ4n) is 1.93. The quantitative estimate of drug-likeness (QED) is 0.846. The van der Waals surface area contributed by atoms with Crippen LogP contribution in [0.5, 0.6) is 5.75 Å². The maximum Gasteiger partial charge on any atom is 0.131 e. The lowest BCUT2D eigenvalue weighted by Crippen LogP contribution is -2.36. The van der Waals surface area contributed by atoms with Gasteiger partial charge in [-0.2, -0.15) is 0 Å². The number of benzene rings is 1. The Kier molecular flexibility index (Phi) is 5.11. The molecule has 18 heavy (non-hydrogen) atoms. The van der Waals surface area contributed by atoms with E-state index in [2.05, 4.69) is 18.7 Å². The Morgan fingerprint density at radius 3 is 2.56 bits per heavy atom. The fraction of sp³-hybridized carbons (Fsp3) is 0.571. The van der Waals surface area contributed by atoms with Crippen molar-refractivity contribution in [2.24, 2.45) is 11.1 Å². The summed E-state index contributed by atoms with van der Waals surface area (Å²) < 4.78 is 18.8. The number of ether oxygens (including phenoxy) is 1. The van der Waals surface area contributed by atoms with Gasteiger partial charge < -0.3 is 15.4 Å². The predicted molar refractivity (Wildman–Crippen MR) is 72.1 cm³/mol. The number of rotatable bonds is 6. The smallest absolute Gasteiger partial charge is 0.131 e. The highest BCUT2D eigenvalue weighted by atomic mass is 19.1. The van der Waals surface area contributed by atoms with Crippen LogP contribution in [0.3, 0.4) is 0 Å². The standard InChI is InChI=1S/C14H23FN2O/c1-14(2,9-16)10-17(3)8-11-5-6-12(18-4)7-13(11)15/h5-7H,8-10,16H2,1-4H3. The Morgan fingerprint density at radius 1 is 1.39 bits per heavy atom. The third-order valence-corrected chi connectivity index (χ3v) is 2.95. The van der Waals surface area contributed by atoms with Crippen LogP contribution in [0.1, 0.15) is 19.4 Å². The molecule has 0 spiro atoms. The summed E-state index contributed by atoms with van der Waals surface area (Å²) >= 11 is 0. The fourth-order valence-corrected chi connectivity index (χ4v) is 1.93. The zero-order valence-corrected chi connectivity index (χ0v) is 11.7. The molecule has 3 nitrogen and oxygen atoms in total. The molecule has 0 aliphatic carbocycles. The van der Waals surface area contributed by atoms with Crippen molar-refractivity contribution in [3.63, 3.8) is 0 Å². The normalized spacial score (nSPS) is 11.9. The van der Waals surface area contributed by atoms with Gasteiger partial charge in [0.2, 0.25) is 0 Å². The largest absolute Gasteiger partial charge is 0.497 e. The van der Waals surface area contributed by atoms with E-state index in [1.807, 2.05) is 7.05 Å². The van der Waals surface area contributed by atoms with Crippen molar-refractivity contribution in [1.29, 1.82) is 0 Å². The molecule has 2 N–H and O–H groups in total. The molecule has 0 heterocycles. The third kappa shape index (κ3) is 4.27. The summed E-state index contributed by atoms with van der Waals surface area (Å²) in [5.74, 6) is 0.313. The Hall–Kier alpha value is -1.13. The summed E-state index contributed by atoms with van der Waals surface area (Å²) in [6.07, 6.45) is 0. The molecule has 0 aromatic heterocycles. The predicted octanol–water partition coefficient (Wildman–Crippen LogP) is 2.25. The van der Waals surface area contributed by atoms with Crippen molar-refractivity contribution < 1.29 is 9.13 Å². The molecule has 0 aliphatic heterocycles. The van der Waals surface area contributed by atoms with Crippen molar-refractivity contribution in [2.45, 2.75) is 20.4 Å². The van der Waals surface area contributed by atoms with Gasteiger partial charge in [-0.1, -0.05) is 19.9 Å². The highest BCUT2D eigenvalue weighted by molar-refractivity contribution is 5.28. The molecule has 0 fully saturated rings. The van der Waals surface area contributed by atoms with Crippen LogP contribution in [0.4, 0.5) is 4.39 Å². The van der Waals surface area contributed by atoms with Crippen molar-refractivity contribution in [2.75, 3.05) is 27.2 Å². The topological polar surface area (TPSA) is 38.5 Å². The van der Waals surface area contributed by atoms with Gasteiger partial charge in [0.1, 0.15) is 11.6 Å². The lowest BCUT2D eigenvalue weighted by molar-refractivity contribution is 0.208. The van der Waals surface area contributed by atoms with E-state index in [0.717, 1.165) is 6.54 Å². The average molecular weight is 254 g/mol. The minimum Gasteiger partial charge on any atom is -0.497 e. The van der Waals surface area contributed by atoms with Crippen molar-refractivity contribution in [3.8, 4) is 5.75 Å². The highest BCUT2D eigenvalue weighted by Crippen LogP contribution is 2.19. The lowest BCUT2D eigenvalue weighted by atomic mass is 9.93. The summed E-state index contributed by atoms with van der Waals surface area (Å²) in [7, 11) is 3.51. The molecule has 0 saturated carbocycles. The average Bonchev–Trinajstić information content (AvgIpc) is 2.31. The molecule has 1 rings (SSSR count). The van der Waals surface area contributed by atoms with E-state index in [4.69, 9.17) is 10.5 Å². The summed E-state index contributed by atoms with van der Waals surface area (Å²) in [6, 6.07) is 4.96. The molecule has 102 valence electrons. The van der Waals surface area contributed by atoms with Crippen LogP contribution in [0, 0.1) is 11.2 Å². The minimum absolute atomic E-state index is 0.0394. The first kappa shape index (κ1) is 14.9. The van der Waals surface area contributed by atoms with Crippen molar-refractivity contribution >= 4 is 0 Å². The zero-order valence-electron chi connectivity index (χ0n) is 11.7. The van der Waals surface area contributed by atoms with Gasteiger partial charge in [-0.3, -0.25) is 0 Å². The van der Waals surface area contributed by atoms with Gasteiger partial charge in [-0.15, -0.1) is 0 Å². The van der Waals surface area contributed by atoms with E-state index < -0.39 is 0 Å². The van der Waals surface area contributed by atoms with Crippen molar-refractivity contribution in [3.05, 3.63) is 29.6 Å². The van der Waals surface area contributed by atoms with Gasteiger partial charge in [0.05, 0.1) is 7.11 Å². The Labute approximate surface area is 109 Å². The van der Waals surface area contributed by atoms with Crippen LogP contribution >= 0.6 is 0 Å². The number of methoxy groups -OCH3 is 1. The number of hydrogen-bond donors (Lipinski definition) is 1. The SMILES string of the molecule is COc1ccc(CN(C)CC(C)(C)CN)c(F)c1. The molecular weight excluding hydrogens is 231 g/mol. The van der Waals surface area contributed by atoms with Gasteiger partial charge in [-0.25, -0.2) is 4.39 Å². The van der Waals surface area contributed by atoms with E-state index in [9.17, 15) is 4.39 Å². The number of nitrogens with two attached hydrogens (primary N) is 1. The minimum atomic E-state index is -0.230. The van der Waals surface area contributed by atoms with Crippen LogP contribution in [-0.2, 0) is 6.54 Å². The molecular formula is C14H23FN2O. The number of halogens is 1. The zero-order chi connectivity index (χ0) is 13.8. The first-order chi connectivity index (χ1) is 8.38. The molecule has 0 unspecified atom stereocenters. The number of nitrogens with zero attached hydrogens (tertiary/aromatic N) is 1. The van der Waals surface area contributed by atoms with Crippen molar-refractivity contribution in [1.82, 2.24) is 4.90 Å². The van der Waals surface area contributed by atoms with Gasteiger partial charge in [0.15, 0.2) is 0 Å². The Balaban J connectivity index is 2.67. The van der Waals surface area contributed by atoms with Gasteiger partial charge in [0.25, 0.3) is 0 Å². The van der Waals surface area contributed by atoms with E-state index in [1.165, 1.54) is 13.2 Å². The molecule has 0 saturated heterocycles. The van der Waals surface area contributed by atoms with Gasteiger partial charge in [0, 0.05) is 24.7 Å². The third-order valence-electron chi connectivity index (χ3n) is 2.95. The summed E-state index contributed by atoms with van der Waals surface area (Å²) in [5.41, 5.74) is 6.41. The van der Waals surface area contributed by atoms with E-state index in [0.29, 0.717) is 24.4 Å². The molecule has 1 aromatic carbocycles. The molecule has 0 bridgehead atoms. The first-order valence-corrected chi connectivity index (χ1v) is 6.09. The van der Waals surface area contributed by atoms with Crippen LogP contribution in [0.15, 0.2) is 18.2 Å². The van der Waals surface area contributed by atoms with E-state index in [-0.39, 0.29) is 11.2 Å². The second-order valence-electron chi connectivity index (χ2n) is 5.50. The lowest BCUT2D eigenvalue weighted by Gasteiger charge is -2.29. The highest BCUT2D eigenvalue weighted by Gasteiger charge is 2.18. The van der Waals surface area contributed by atoms with E-state index >= 15 is 0 Å². The Morgan fingerprint density at radius 2 is 2.06 bits per heavy atom. The second-order valence-corrected chi connectivity index (χ2v) is 5.50. The molecule has 0 aliphatic rings. The van der Waals surface area contributed by atoms with E-state index in [1.54, 1.807) is 12.1 Å². The molecule has 0 amide bonds. The first-order valence-electron chi connectivity index (χ1n) is 6.09. The maximum atomic E-state index is 13.8. The van der Waals surface area contributed by atoms with Crippen LogP contribution in [0.2, 0.25) is 0 Å². The van der Waals surface area contributed by atoms with Gasteiger partial charge >= 0.3 is 0 Å². The monoisotopic (exact) mass is 254 g/mol. The summed E-state index contributed by atoms with van der Waals surface area (Å²) in [5, 5.41) is 0. The molecule has 1 aromatic rings. The molecule has 0 atom stereocenters. The Bertz CT molecular complexity index is 393.